The van der Waals surface area contributed by atoms with Gasteiger partial charge in [-0.05, 0) is 13.3 Å². The van der Waals surface area contributed by atoms with Gasteiger partial charge in [0.05, 0.1) is 12.7 Å². The van der Waals surface area contributed by atoms with Crippen LogP contribution >= 0.6 is 0 Å². The summed E-state index contributed by atoms with van der Waals surface area (Å²) in [5.74, 6) is 1.43. The van der Waals surface area contributed by atoms with Crippen LogP contribution in [0.25, 0.3) is 0 Å². The fraction of sp³-hybridized carbons (Fsp3) is 0.727. The Hall–Kier alpha value is -1.41. The molecule has 0 saturated carbocycles. The number of rotatable bonds is 7. The van der Waals surface area contributed by atoms with Crippen molar-refractivity contribution >= 4 is 0 Å². The predicted molar refractivity (Wildman–Crippen MR) is 57.8 cm³/mol. The Labute approximate surface area is 95.4 Å². The topological polar surface area (TPSA) is 71.9 Å². The van der Waals surface area contributed by atoms with E-state index in [2.05, 4.69) is 16.2 Å². The first-order chi connectivity index (χ1) is 7.77. The second-order valence-corrected chi connectivity index (χ2v) is 3.59. The van der Waals surface area contributed by atoms with Crippen molar-refractivity contribution in [2.45, 2.75) is 39.0 Å². The van der Waals surface area contributed by atoms with Gasteiger partial charge < -0.3 is 9.26 Å². The minimum Gasteiger partial charge on any atom is -0.381 e. The minimum atomic E-state index is 0.146. The summed E-state index contributed by atoms with van der Waals surface area (Å²) in [5.41, 5.74) is 0. The third-order valence-electron chi connectivity index (χ3n) is 2.27. The SMILES string of the molecule is CCOCCc1noc(C(C)CCC#N)n1. The molecular formula is C11H17N3O2. The largest absolute Gasteiger partial charge is 0.381 e. The van der Waals surface area contributed by atoms with E-state index >= 15 is 0 Å². The summed E-state index contributed by atoms with van der Waals surface area (Å²) < 4.78 is 10.3. The Morgan fingerprint density at radius 3 is 3.06 bits per heavy atom. The lowest BCUT2D eigenvalue weighted by Crippen LogP contribution is -2.00. The summed E-state index contributed by atoms with van der Waals surface area (Å²) in [6.45, 7) is 5.24. The van der Waals surface area contributed by atoms with E-state index in [0.29, 0.717) is 37.8 Å². The molecule has 0 spiro atoms. The summed E-state index contributed by atoms with van der Waals surface area (Å²) >= 11 is 0. The molecule has 1 atom stereocenters. The van der Waals surface area contributed by atoms with Crippen LogP contribution in [0.15, 0.2) is 4.52 Å². The van der Waals surface area contributed by atoms with Crippen molar-refractivity contribution in [3.05, 3.63) is 11.7 Å². The molecule has 1 aromatic heterocycles. The van der Waals surface area contributed by atoms with Gasteiger partial charge in [-0.15, -0.1) is 0 Å². The Bertz CT molecular complexity index is 343. The Morgan fingerprint density at radius 2 is 2.38 bits per heavy atom. The monoisotopic (exact) mass is 223 g/mol. The molecule has 1 heterocycles. The summed E-state index contributed by atoms with van der Waals surface area (Å²) in [7, 11) is 0. The maximum atomic E-state index is 8.48. The quantitative estimate of drug-likeness (QED) is 0.661. The zero-order chi connectivity index (χ0) is 11.8. The van der Waals surface area contributed by atoms with Crippen molar-refractivity contribution in [1.82, 2.24) is 10.1 Å². The van der Waals surface area contributed by atoms with E-state index in [1.54, 1.807) is 0 Å². The van der Waals surface area contributed by atoms with E-state index < -0.39 is 0 Å². The van der Waals surface area contributed by atoms with Gasteiger partial charge in [0.15, 0.2) is 5.82 Å². The maximum Gasteiger partial charge on any atom is 0.229 e. The summed E-state index contributed by atoms with van der Waals surface area (Å²) in [5, 5.41) is 12.3. The first kappa shape index (κ1) is 12.7. The Balaban J connectivity index is 2.41. The molecular weight excluding hydrogens is 206 g/mol. The average Bonchev–Trinajstić information content (AvgIpc) is 2.75. The molecule has 16 heavy (non-hydrogen) atoms. The Morgan fingerprint density at radius 1 is 1.56 bits per heavy atom. The van der Waals surface area contributed by atoms with Gasteiger partial charge in [-0.3, -0.25) is 0 Å². The Kier molecular flexibility index (Phi) is 5.51. The molecule has 0 N–H and O–H groups in total. The van der Waals surface area contributed by atoms with Crippen LogP contribution in [0, 0.1) is 11.3 Å². The number of nitriles is 1. The molecule has 1 unspecified atom stereocenters. The molecule has 0 aliphatic rings. The van der Waals surface area contributed by atoms with Crippen molar-refractivity contribution in [2.24, 2.45) is 0 Å². The van der Waals surface area contributed by atoms with Crippen LogP contribution in [0.5, 0.6) is 0 Å². The zero-order valence-corrected chi connectivity index (χ0v) is 9.77. The van der Waals surface area contributed by atoms with Crippen LogP contribution in [0.2, 0.25) is 0 Å². The summed E-state index contributed by atoms with van der Waals surface area (Å²) in [6, 6.07) is 2.11. The van der Waals surface area contributed by atoms with Gasteiger partial charge in [-0.1, -0.05) is 12.1 Å². The molecule has 0 amide bonds. The van der Waals surface area contributed by atoms with Gasteiger partial charge in [0, 0.05) is 25.4 Å². The van der Waals surface area contributed by atoms with E-state index in [1.165, 1.54) is 0 Å². The molecule has 0 aliphatic heterocycles. The van der Waals surface area contributed by atoms with Crippen LogP contribution < -0.4 is 0 Å². The maximum absolute atomic E-state index is 8.48. The second-order valence-electron chi connectivity index (χ2n) is 3.59. The van der Waals surface area contributed by atoms with Gasteiger partial charge in [-0.2, -0.15) is 10.2 Å². The highest BCUT2D eigenvalue weighted by atomic mass is 16.5. The van der Waals surface area contributed by atoms with Crippen LogP contribution in [0.3, 0.4) is 0 Å². The third-order valence-corrected chi connectivity index (χ3v) is 2.27. The van der Waals surface area contributed by atoms with E-state index in [4.69, 9.17) is 14.5 Å². The first-order valence-electron chi connectivity index (χ1n) is 5.55. The number of hydrogen-bond donors (Lipinski definition) is 0. The summed E-state index contributed by atoms with van der Waals surface area (Å²) in [4.78, 5) is 4.27. The molecule has 5 heteroatoms. The van der Waals surface area contributed by atoms with Crippen molar-refractivity contribution in [1.29, 1.82) is 5.26 Å². The molecule has 0 bridgehead atoms. The normalized spacial score (nSPS) is 12.3. The molecule has 0 saturated heterocycles. The van der Waals surface area contributed by atoms with Gasteiger partial charge >= 0.3 is 0 Å². The molecule has 0 fully saturated rings. The zero-order valence-electron chi connectivity index (χ0n) is 9.77. The molecule has 1 aromatic rings. The third kappa shape index (κ3) is 3.99. The van der Waals surface area contributed by atoms with Crippen molar-refractivity contribution in [3.8, 4) is 6.07 Å². The lowest BCUT2D eigenvalue weighted by atomic mass is 10.1. The van der Waals surface area contributed by atoms with Crippen molar-refractivity contribution < 1.29 is 9.26 Å². The number of hydrogen-bond acceptors (Lipinski definition) is 5. The van der Waals surface area contributed by atoms with Gasteiger partial charge in [0.1, 0.15) is 0 Å². The molecule has 5 nitrogen and oxygen atoms in total. The lowest BCUT2D eigenvalue weighted by Gasteiger charge is -2.00. The fourth-order valence-electron chi connectivity index (χ4n) is 1.28. The van der Waals surface area contributed by atoms with Gasteiger partial charge in [0.2, 0.25) is 5.89 Å². The predicted octanol–water partition coefficient (Wildman–Crippen LogP) is 2.06. The highest BCUT2D eigenvalue weighted by molar-refractivity contribution is 4.93. The standard InChI is InChI=1S/C11H17N3O2/c1-3-15-8-6-10-13-11(16-14-10)9(2)5-4-7-12/h9H,3-6,8H2,1-2H3. The average molecular weight is 223 g/mol. The highest BCUT2D eigenvalue weighted by Gasteiger charge is 2.13. The van der Waals surface area contributed by atoms with E-state index in [1.807, 2.05) is 13.8 Å². The summed E-state index contributed by atoms with van der Waals surface area (Å²) in [6.07, 6.45) is 1.93. The van der Waals surface area contributed by atoms with E-state index in [9.17, 15) is 0 Å². The first-order valence-corrected chi connectivity index (χ1v) is 5.55. The van der Waals surface area contributed by atoms with Crippen LogP contribution in [0.1, 0.15) is 44.3 Å². The molecule has 0 aliphatic carbocycles. The van der Waals surface area contributed by atoms with Crippen LogP contribution in [0.4, 0.5) is 0 Å². The van der Waals surface area contributed by atoms with Crippen LogP contribution in [-0.4, -0.2) is 23.4 Å². The minimum absolute atomic E-state index is 0.146. The van der Waals surface area contributed by atoms with E-state index in [-0.39, 0.29) is 5.92 Å². The molecule has 0 radical (unpaired) electrons. The van der Waals surface area contributed by atoms with E-state index in [0.717, 1.165) is 6.42 Å². The van der Waals surface area contributed by atoms with Crippen LogP contribution in [-0.2, 0) is 11.2 Å². The second kappa shape index (κ2) is 6.96. The van der Waals surface area contributed by atoms with Crippen molar-refractivity contribution in [3.63, 3.8) is 0 Å². The highest BCUT2D eigenvalue weighted by Crippen LogP contribution is 2.18. The number of ether oxygens (including phenoxy) is 1. The molecule has 0 aromatic carbocycles. The number of aromatic nitrogens is 2. The molecule has 1 rings (SSSR count). The van der Waals surface area contributed by atoms with Gasteiger partial charge in [0.25, 0.3) is 0 Å². The lowest BCUT2D eigenvalue weighted by molar-refractivity contribution is 0.149. The van der Waals surface area contributed by atoms with Crippen molar-refractivity contribution in [2.75, 3.05) is 13.2 Å². The van der Waals surface area contributed by atoms with Gasteiger partial charge in [-0.25, -0.2) is 0 Å². The fourth-order valence-corrected chi connectivity index (χ4v) is 1.28. The smallest absolute Gasteiger partial charge is 0.229 e. The number of nitrogens with zero attached hydrogens (tertiary/aromatic N) is 3. The molecule has 88 valence electrons.